The van der Waals surface area contributed by atoms with E-state index in [0.717, 1.165) is 18.0 Å². The highest BCUT2D eigenvalue weighted by molar-refractivity contribution is 5.93. The van der Waals surface area contributed by atoms with E-state index >= 15 is 0 Å². The summed E-state index contributed by atoms with van der Waals surface area (Å²) in [6.45, 7) is 7.45. The lowest BCUT2D eigenvalue weighted by Gasteiger charge is -2.49. The smallest absolute Gasteiger partial charge is 0.242 e. The lowest BCUT2D eigenvalue weighted by molar-refractivity contribution is -0.147. The molecule has 2 atom stereocenters. The predicted octanol–water partition coefficient (Wildman–Crippen LogP) is 2.14. The zero-order valence-corrected chi connectivity index (χ0v) is 23.0. The molecule has 3 aromatic rings. The molecule has 218 valence electrons. The molecule has 2 amide bonds. The maximum atomic E-state index is 13.8. The normalized spacial score (nSPS) is 19.4. The van der Waals surface area contributed by atoms with Crippen LogP contribution in [-0.2, 0) is 29.2 Å². The molecule has 2 aliphatic rings. The number of carbonyl (C=O) groups excluding carboxylic acids is 2. The fraction of sp³-hybridized carbons (Fsp3) is 0.481. The summed E-state index contributed by atoms with van der Waals surface area (Å²) in [6, 6.07) is 2.40. The topological polar surface area (TPSA) is 139 Å². The fourth-order valence-electron chi connectivity index (χ4n) is 5.35. The van der Waals surface area contributed by atoms with Gasteiger partial charge in [-0.15, -0.1) is 10.2 Å². The number of anilines is 1. The van der Waals surface area contributed by atoms with Crippen LogP contribution in [0.5, 0.6) is 11.6 Å². The van der Waals surface area contributed by atoms with Gasteiger partial charge in [0, 0.05) is 38.7 Å². The van der Waals surface area contributed by atoms with Crippen LogP contribution >= 0.6 is 0 Å². The average Bonchev–Trinajstić information content (AvgIpc) is 3.36. The third-order valence-electron chi connectivity index (χ3n) is 7.63. The van der Waals surface area contributed by atoms with Crippen LogP contribution in [0.1, 0.15) is 38.8 Å². The maximum Gasteiger partial charge on any atom is 0.242 e. The standard InChI is InChI=1S/C27H32F2N8O4/c1-16(25(39)32-21-11-31-24(12-30-21)41-20-6-5-18(28)10-19(20)29)35-8-9-37(27(2,3)15-35)26(40)17-4-7-22-33-34-23(14-38)36(22)13-17/h5-6,10-12,16-17,38H,4,7-9,13-15H2,1-3H3,(H,30,32,39)/t16-,17+/m0/s1. The molecule has 4 heterocycles. The summed E-state index contributed by atoms with van der Waals surface area (Å²) in [5.41, 5.74) is -0.522. The molecule has 0 bridgehead atoms. The Morgan fingerprint density at radius 1 is 1.20 bits per heavy atom. The lowest BCUT2D eigenvalue weighted by Crippen LogP contribution is -2.64. The molecule has 0 aliphatic carbocycles. The molecule has 41 heavy (non-hydrogen) atoms. The van der Waals surface area contributed by atoms with Gasteiger partial charge in [-0.2, -0.15) is 0 Å². The van der Waals surface area contributed by atoms with E-state index in [9.17, 15) is 23.5 Å². The first kappa shape index (κ1) is 28.5. The zero-order valence-electron chi connectivity index (χ0n) is 23.0. The Balaban J connectivity index is 1.16. The Hall–Kier alpha value is -4.04. The second kappa shape index (κ2) is 11.4. The Morgan fingerprint density at radius 3 is 2.68 bits per heavy atom. The number of aliphatic hydroxyl groups is 1. The Labute approximate surface area is 235 Å². The number of rotatable bonds is 7. The monoisotopic (exact) mass is 570 g/mol. The van der Waals surface area contributed by atoms with Crippen molar-refractivity contribution in [2.24, 2.45) is 5.92 Å². The third-order valence-corrected chi connectivity index (χ3v) is 7.63. The quantitative estimate of drug-likeness (QED) is 0.438. The van der Waals surface area contributed by atoms with Gasteiger partial charge in [-0.3, -0.25) is 14.5 Å². The largest absolute Gasteiger partial charge is 0.434 e. The number of halogens is 2. The minimum Gasteiger partial charge on any atom is -0.434 e. The number of aliphatic hydroxyl groups excluding tert-OH is 1. The second-order valence-corrected chi connectivity index (χ2v) is 10.9. The van der Waals surface area contributed by atoms with Gasteiger partial charge >= 0.3 is 0 Å². The van der Waals surface area contributed by atoms with Gasteiger partial charge in [0.05, 0.1) is 29.9 Å². The third kappa shape index (κ3) is 6.03. The average molecular weight is 571 g/mol. The molecule has 0 saturated carbocycles. The van der Waals surface area contributed by atoms with Crippen molar-refractivity contribution in [1.82, 2.24) is 34.5 Å². The molecule has 1 saturated heterocycles. The number of hydrogen-bond donors (Lipinski definition) is 2. The number of amides is 2. The molecule has 0 spiro atoms. The van der Waals surface area contributed by atoms with Crippen LogP contribution in [0.25, 0.3) is 0 Å². The highest BCUT2D eigenvalue weighted by Crippen LogP contribution is 2.29. The number of hydrogen-bond acceptors (Lipinski definition) is 9. The van der Waals surface area contributed by atoms with E-state index < -0.39 is 23.2 Å². The van der Waals surface area contributed by atoms with Crippen molar-refractivity contribution < 1.29 is 28.2 Å². The molecule has 1 aromatic carbocycles. The van der Waals surface area contributed by atoms with E-state index in [4.69, 9.17) is 4.74 Å². The molecule has 14 heteroatoms. The number of carbonyl (C=O) groups is 2. The van der Waals surface area contributed by atoms with Gasteiger partial charge < -0.3 is 24.6 Å². The maximum absolute atomic E-state index is 13.8. The van der Waals surface area contributed by atoms with Gasteiger partial charge in [-0.25, -0.2) is 18.7 Å². The predicted molar refractivity (Wildman–Crippen MR) is 142 cm³/mol. The van der Waals surface area contributed by atoms with E-state index in [1.807, 2.05) is 28.2 Å². The number of nitrogens with one attached hydrogen (secondary N) is 1. The minimum atomic E-state index is -0.873. The van der Waals surface area contributed by atoms with E-state index in [2.05, 4.69) is 25.5 Å². The number of fused-ring (bicyclic) bond motifs is 1. The van der Waals surface area contributed by atoms with Crippen molar-refractivity contribution in [3.63, 3.8) is 0 Å². The highest BCUT2D eigenvalue weighted by Gasteiger charge is 2.42. The molecule has 1 fully saturated rings. The summed E-state index contributed by atoms with van der Waals surface area (Å²) in [6.07, 6.45) is 3.81. The van der Waals surface area contributed by atoms with Crippen molar-refractivity contribution in [2.45, 2.75) is 58.3 Å². The summed E-state index contributed by atoms with van der Waals surface area (Å²) in [5.74, 6) is -0.853. The van der Waals surface area contributed by atoms with Crippen molar-refractivity contribution >= 4 is 17.6 Å². The highest BCUT2D eigenvalue weighted by atomic mass is 19.1. The van der Waals surface area contributed by atoms with Gasteiger partial charge in [0.25, 0.3) is 0 Å². The van der Waals surface area contributed by atoms with E-state index in [1.54, 1.807) is 6.92 Å². The first-order chi connectivity index (χ1) is 19.6. The van der Waals surface area contributed by atoms with Crippen LogP contribution in [0.2, 0.25) is 0 Å². The summed E-state index contributed by atoms with van der Waals surface area (Å²) in [4.78, 5) is 38.7. The molecule has 2 aliphatic heterocycles. The van der Waals surface area contributed by atoms with Crippen molar-refractivity contribution in [3.8, 4) is 11.6 Å². The van der Waals surface area contributed by atoms with Gasteiger partial charge in [0.2, 0.25) is 17.7 Å². The van der Waals surface area contributed by atoms with Crippen LogP contribution in [0.3, 0.4) is 0 Å². The van der Waals surface area contributed by atoms with Crippen LogP contribution in [0.15, 0.2) is 30.6 Å². The summed E-state index contributed by atoms with van der Waals surface area (Å²) in [5, 5.41) is 20.4. The number of nitrogens with zero attached hydrogens (tertiary/aromatic N) is 7. The van der Waals surface area contributed by atoms with E-state index in [0.29, 0.717) is 50.9 Å². The Morgan fingerprint density at radius 2 is 2.00 bits per heavy atom. The summed E-state index contributed by atoms with van der Waals surface area (Å²) < 4.78 is 34.1. The number of benzene rings is 1. The molecule has 5 rings (SSSR count). The number of aromatic nitrogens is 5. The molecule has 2 aromatic heterocycles. The van der Waals surface area contributed by atoms with Crippen LogP contribution in [-0.4, -0.2) is 82.7 Å². The van der Waals surface area contributed by atoms with Crippen molar-refractivity contribution in [3.05, 3.63) is 53.9 Å². The number of ether oxygens (including phenoxy) is 1. The summed E-state index contributed by atoms with van der Waals surface area (Å²) >= 11 is 0. The molecule has 2 N–H and O–H groups in total. The van der Waals surface area contributed by atoms with Crippen LogP contribution in [0, 0.1) is 17.6 Å². The Bertz CT molecular complexity index is 1420. The lowest BCUT2D eigenvalue weighted by atomic mass is 9.91. The molecular formula is C27H32F2N8O4. The Kier molecular flexibility index (Phi) is 7.95. The molecule has 0 unspecified atom stereocenters. The second-order valence-electron chi connectivity index (χ2n) is 10.9. The fourth-order valence-corrected chi connectivity index (χ4v) is 5.35. The van der Waals surface area contributed by atoms with Gasteiger partial charge in [0.15, 0.2) is 23.2 Å². The van der Waals surface area contributed by atoms with E-state index in [1.165, 1.54) is 12.4 Å². The first-order valence-electron chi connectivity index (χ1n) is 13.4. The van der Waals surface area contributed by atoms with Gasteiger partial charge in [-0.05, 0) is 39.3 Å². The number of piperazine rings is 1. The minimum absolute atomic E-state index is 0.0184. The first-order valence-corrected chi connectivity index (χ1v) is 13.4. The van der Waals surface area contributed by atoms with Gasteiger partial charge in [0.1, 0.15) is 18.2 Å². The zero-order chi connectivity index (χ0) is 29.3. The summed E-state index contributed by atoms with van der Waals surface area (Å²) in [7, 11) is 0. The van der Waals surface area contributed by atoms with Crippen molar-refractivity contribution in [2.75, 3.05) is 25.0 Å². The molecule has 0 radical (unpaired) electrons. The number of aryl methyl sites for hydroxylation is 1. The SMILES string of the molecule is C[C@@H](C(=O)Nc1cnc(Oc2ccc(F)cc2F)cn1)N1CCN(C(=O)[C@@H]2CCc3nnc(CO)n3C2)C(C)(C)C1. The van der Waals surface area contributed by atoms with Crippen LogP contribution < -0.4 is 10.1 Å². The molecule has 12 nitrogen and oxygen atoms in total. The van der Waals surface area contributed by atoms with Crippen LogP contribution in [0.4, 0.5) is 14.6 Å². The van der Waals surface area contributed by atoms with Crippen molar-refractivity contribution in [1.29, 1.82) is 0 Å². The van der Waals surface area contributed by atoms with E-state index in [-0.39, 0.29) is 41.8 Å². The molecular weight excluding hydrogens is 538 g/mol. The van der Waals surface area contributed by atoms with Gasteiger partial charge in [-0.1, -0.05) is 0 Å².